The topological polar surface area (TPSA) is 149 Å². The zero-order valence-corrected chi connectivity index (χ0v) is 22.8. The molecule has 6 rings (SSSR count). The molecular weight excluding hydrogens is 583 g/mol. The molecule has 4 heterocycles. The van der Waals surface area contributed by atoms with Gasteiger partial charge in [0.2, 0.25) is 5.95 Å². The third kappa shape index (κ3) is 5.71. The predicted molar refractivity (Wildman–Crippen MR) is 149 cm³/mol. The second-order valence-electron chi connectivity index (χ2n) is 10.0. The number of alkyl halides is 3. The molecule has 1 fully saturated rings. The van der Waals surface area contributed by atoms with Crippen LogP contribution in [0, 0.1) is 0 Å². The first-order valence-corrected chi connectivity index (χ1v) is 13.5. The second kappa shape index (κ2) is 12.0. The number of anilines is 1. The molecule has 0 radical (unpaired) electrons. The molecule has 12 nitrogen and oxygen atoms in total. The molecule has 0 spiro atoms. The highest BCUT2D eigenvalue weighted by Gasteiger charge is 2.51. The quantitative estimate of drug-likeness (QED) is 0.213. The zero-order valence-electron chi connectivity index (χ0n) is 22.8. The van der Waals surface area contributed by atoms with Gasteiger partial charge in [-0.1, -0.05) is 60.7 Å². The van der Waals surface area contributed by atoms with E-state index in [-0.39, 0.29) is 23.0 Å². The van der Waals surface area contributed by atoms with E-state index < -0.39 is 43.3 Å². The van der Waals surface area contributed by atoms with Crippen LogP contribution in [-0.2, 0) is 14.3 Å². The number of nitrogens with one attached hydrogen (secondary N) is 1. The molecule has 0 bridgehead atoms. The summed E-state index contributed by atoms with van der Waals surface area (Å²) in [5.74, 6) is -2.15. The number of halogens is 3. The van der Waals surface area contributed by atoms with E-state index in [9.17, 15) is 28.2 Å². The van der Waals surface area contributed by atoms with Crippen molar-refractivity contribution >= 4 is 23.0 Å². The first kappa shape index (κ1) is 29.2. The van der Waals surface area contributed by atoms with Gasteiger partial charge in [-0.3, -0.25) is 9.13 Å². The number of nitrogens with zero attached hydrogens (tertiary/aromatic N) is 6. The lowest BCUT2D eigenvalue weighted by Gasteiger charge is -2.22. The molecule has 228 valence electrons. The summed E-state index contributed by atoms with van der Waals surface area (Å²) in [5.41, 5.74) is 2.44. The highest BCUT2D eigenvalue weighted by atomic mass is 19.4. The van der Waals surface area contributed by atoms with E-state index in [2.05, 4.69) is 30.0 Å². The van der Waals surface area contributed by atoms with Gasteiger partial charge in [-0.25, -0.2) is 14.8 Å². The van der Waals surface area contributed by atoms with Crippen molar-refractivity contribution in [3.05, 3.63) is 96.8 Å². The fraction of sp³-hybridized carbons (Fsp3) is 0.276. The number of rotatable bonds is 9. The van der Waals surface area contributed by atoms with E-state index in [0.29, 0.717) is 12.4 Å². The molecule has 5 aromatic rings. The number of fused-ring (bicyclic) bond motifs is 1. The summed E-state index contributed by atoms with van der Waals surface area (Å²) in [4.78, 5) is 29.4. The first-order valence-electron chi connectivity index (χ1n) is 13.5. The normalized spacial score (nSPS) is 20.3. The van der Waals surface area contributed by atoms with E-state index in [1.807, 2.05) is 60.7 Å². The Labute approximate surface area is 247 Å². The summed E-state index contributed by atoms with van der Waals surface area (Å²) in [6.45, 7) is -0.361. The molecule has 15 heteroatoms. The van der Waals surface area contributed by atoms with E-state index in [1.54, 1.807) is 6.20 Å². The fourth-order valence-electron chi connectivity index (χ4n) is 5.12. The number of aliphatic hydroxyl groups is 2. The van der Waals surface area contributed by atoms with Gasteiger partial charge in [0.05, 0.1) is 12.9 Å². The van der Waals surface area contributed by atoms with Crippen LogP contribution in [0.2, 0.25) is 0 Å². The van der Waals surface area contributed by atoms with Crippen LogP contribution >= 0.6 is 0 Å². The first-order chi connectivity index (χ1) is 21.2. The molecule has 0 aliphatic carbocycles. The summed E-state index contributed by atoms with van der Waals surface area (Å²) in [6.07, 6.45) is -5.93. The maximum atomic E-state index is 13.1. The molecular formula is C29H26F3N7O5. The maximum absolute atomic E-state index is 13.1. The van der Waals surface area contributed by atoms with Crippen LogP contribution < -0.4 is 5.32 Å². The second-order valence-corrected chi connectivity index (χ2v) is 10.0. The van der Waals surface area contributed by atoms with Crippen molar-refractivity contribution < 1.29 is 37.7 Å². The van der Waals surface area contributed by atoms with Gasteiger partial charge in [0.1, 0.15) is 18.5 Å². The van der Waals surface area contributed by atoms with Crippen molar-refractivity contribution in [3.63, 3.8) is 0 Å². The number of ether oxygens (including phenoxy) is 2. The summed E-state index contributed by atoms with van der Waals surface area (Å²) < 4.78 is 52.3. The average molecular weight is 610 g/mol. The minimum atomic E-state index is -5.32. The molecule has 4 atom stereocenters. The molecule has 1 aliphatic rings. The fourth-order valence-corrected chi connectivity index (χ4v) is 5.12. The number of hydrogen-bond donors (Lipinski definition) is 3. The van der Waals surface area contributed by atoms with E-state index in [0.717, 1.165) is 11.1 Å². The smallest absolute Gasteiger partial charge is 0.448 e. The Morgan fingerprint density at radius 2 is 1.73 bits per heavy atom. The SMILES string of the molecule is O=C(O[C@@H]1[C@H](O)[C@@H](CO)O[C@H]1n1cnc2c(NCC(c3ccccc3)c3ccccc3)nc(-n3ccnc3)nc21)C(F)(F)F. The molecule has 2 aromatic carbocycles. The van der Waals surface area contributed by atoms with Crippen molar-refractivity contribution in [1.29, 1.82) is 0 Å². The molecule has 0 amide bonds. The van der Waals surface area contributed by atoms with Crippen LogP contribution in [0.25, 0.3) is 17.1 Å². The van der Waals surface area contributed by atoms with Crippen molar-refractivity contribution in [1.82, 2.24) is 29.1 Å². The minimum absolute atomic E-state index is 0.0917. The molecule has 0 unspecified atom stereocenters. The minimum Gasteiger partial charge on any atom is -0.448 e. The molecule has 1 saturated heterocycles. The van der Waals surface area contributed by atoms with Crippen molar-refractivity contribution in [2.24, 2.45) is 0 Å². The Morgan fingerprint density at radius 3 is 2.32 bits per heavy atom. The van der Waals surface area contributed by atoms with Crippen LogP contribution in [0.3, 0.4) is 0 Å². The highest BCUT2D eigenvalue weighted by Crippen LogP contribution is 2.36. The average Bonchev–Trinajstić information content (AvgIpc) is 3.78. The molecule has 44 heavy (non-hydrogen) atoms. The number of aromatic nitrogens is 6. The number of aliphatic hydroxyl groups excluding tert-OH is 2. The Kier molecular flexibility index (Phi) is 7.99. The Bertz CT molecular complexity index is 1680. The monoisotopic (exact) mass is 609 g/mol. The lowest BCUT2D eigenvalue weighted by Crippen LogP contribution is -2.40. The van der Waals surface area contributed by atoms with Gasteiger partial charge in [-0.15, -0.1) is 0 Å². The number of benzene rings is 2. The van der Waals surface area contributed by atoms with E-state index in [4.69, 9.17) is 4.74 Å². The van der Waals surface area contributed by atoms with Crippen LogP contribution in [0.1, 0.15) is 23.3 Å². The van der Waals surface area contributed by atoms with Crippen molar-refractivity contribution in [2.75, 3.05) is 18.5 Å². The molecule has 3 N–H and O–H groups in total. The summed E-state index contributed by atoms with van der Waals surface area (Å²) in [5, 5.41) is 23.6. The summed E-state index contributed by atoms with van der Waals surface area (Å²) >= 11 is 0. The molecule has 1 aliphatic heterocycles. The lowest BCUT2D eigenvalue weighted by atomic mass is 9.91. The van der Waals surface area contributed by atoms with Gasteiger partial charge in [-0.05, 0) is 11.1 Å². The lowest BCUT2D eigenvalue weighted by molar-refractivity contribution is -0.211. The van der Waals surface area contributed by atoms with Gasteiger partial charge < -0.3 is 25.0 Å². The standard InChI is InChI=1S/C29H26F3N7O5/c30-29(31,32)27(42)44-23-22(41)20(14-40)43-26(23)39-16-35-21-24(36-28(37-25(21)39)38-12-11-33-15-38)34-13-19(17-7-3-1-4-8-17)18-9-5-2-6-10-18/h1-12,15-16,19-20,22-23,26,40-41H,13-14H2,(H,34,36,37)/t20-,22-,23-,26-/m1/s1. The third-order valence-corrected chi connectivity index (χ3v) is 7.26. The largest absolute Gasteiger partial charge is 0.490 e. The third-order valence-electron chi connectivity index (χ3n) is 7.26. The van der Waals surface area contributed by atoms with Crippen LogP contribution in [0.4, 0.5) is 19.0 Å². The number of carbonyl (C=O) groups is 1. The van der Waals surface area contributed by atoms with Gasteiger partial charge in [0.15, 0.2) is 29.3 Å². The van der Waals surface area contributed by atoms with E-state index >= 15 is 0 Å². The van der Waals surface area contributed by atoms with Crippen LogP contribution in [-0.4, -0.2) is 82.9 Å². The summed E-state index contributed by atoms with van der Waals surface area (Å²) in [6, 6.07) is 19.7. The van der Waals surface area contributed by atoms with Crippen molar-refractivity contribution in [2.45, 2.75) is 36.6 Å². The number of carbonyl (C=O) groups excluding carboxylic acids is 1. The Morgan fingerprint density at radius 1 is 1.05 bits per heavy atom. The Balaban J connectivity index is 1.40. The zero-order chi connectivity index (χ0) is 30.8. The van der Waals surface area contributed by atoms with E-state index in [1.165, 1.54) is 28.0 Å². The highest BCUT2D eigenvalue weighted by molar-refractivity contribution is 5.84. The Hall–Kier alpha value is -4.86. The van der Waals surface area contributed by atoms with Gasteiger partial charge in [-0.2, -0.15) is 23.1 Å². The van der Waals surface area contributed by atoms with Crippen LogP contribution in [0.5, 0.6) is 0 Å². The number of imidazole rings is 2. The van der Waals surface area contributed by atoms with Gasteiger partial charge in [0, 0.05) is 24.9 Å². The van der Waals surface area contributed by atoms with Gasteiger partial charge >= 0.3 is 12.1 Å². The summed E-state index contributed by atoms with van der Waals surface area (Å²) in [7, 11) is 0. The van der Waals surface area contributed by atoms with Crippen molar-refractivity contribution in [3.8, 4) is 5.95 Å². The predicted octanol–water partition coefficient (Wildman–Crippen LogP) is 2.98. The molecule has 3 aromatic heterocycles. The molecule has 0 saturated carbocycles. The maximum Gasteiger partial charge on any atom is 0.490 e. The number of hydrogen-bond acceptors (Lipinski definition) is 10. The van der Waals surface area contributed by atoms with Gasteiger partial charge in [0.25, 0.3) is 0 Å². The van der Waals surface area contributed by atoms with Crippen LogP contribution in [0.15, 0.2) is 85.7 Å². The number of esters is 1.